The number of carboxylic acids is 1. The Morgan fingerprint density at radius 2 is 2.08 bits per heavy atom. The number of nitrogens with one attached hydrogen (secondary N) is 1. The van der Waals surface area contributed by atoms with Crippen LogP contribution in [0.1, 0.15) is 33.6 Å². The minimum atomic E-state index is -0.749. The van der Waals surface area contributed by atoms with Crippen molar-refractivity contribution in [1.29, 1.82) is 0 Å². The normalized spacial score (nSPS) is 13.3. The molecule has 0 bridgehead atoms. The van der Waals surface area contributed by atoms with E-state index in [0.29, 0.717) is 0 Å². The number of rotatable bonds is 6. The lowest BCUT2D eigenvalue weighted by molar-refractivity contribution is -0.140. The largest absolute Gasteiger partial charge is 0.480 e. The van der Waals surface area contributed by atoms with E-state index in [1.807, 2.05) is 13.8 Å². The molecule has 12 heavy (non-hydrogen) atoms. The predicted molar refractivity (Wildman–Crippen MR) is 49.2 cm³/mol. The Kier molecular flexibility index (Phi) is 5.72. The van der Waals surface area contributed by atoms with Crippen molar-refractivity contribution in [2.45, 2.75) is 39.7 Å². The molecule has 0 aromatic heterocycles. The van der Waals surface area contributed by atoms with E-state index in [4.69, 9.17) is 5.11 Å². The fraction of sp³-hybridized carbons (Fsp3) is 0.889. The molecule has 1 atom stereocenters. The molecular weight excluding hydrogens is 154 g/mol. The second kappa shape index (κ2) is 6.00. The van der Waals surface area contributed by atoms with Crippen LogP contribution in [0.2, 0.25) is 0 Å². The van der Waals surface area contributed by atoms with E-state index in [0.717, 1.165) is 19.4 Å². The van der Waals surface area contributed by atoms with Gasteiger partial charge in [-0.25, -0.2) is 0 Å². The Bertz CT molecular complexity index is 134. The molecule has 0 radical (unpaired) electrons. The third-order valence-electron chi connectivity index (χ3n) is 1.83. The summed E-state index contributed by atoms with van der Waals surface area (Å²) in [5.41, 5.74) is 0. The van der Waals surface area contributed by atoms with Crippen LogP contribution >= 0.6 is 0 Å². The van der Waals surface area contributed by atoms with Crippen LogP contribution in [0, 0.1) is 5.92 Å². The SMILES string of the molecule is CCCCN[C@H](C(=O)O)C(C)C. The lowest BCUT2D eigenvalue weighted by Crippen LogP contribution is -2.41. The Labute approximate surface area is 74.2 Å². The number of unbranched alkanes of at least 4 members (excludes halogenated alkanes) is 1. The van der Waals surface area contributed by atoms with Gasteiger partial charge in [0.05, 0.1) is 0 Å². The molecule has 0 saturated carbocycles. The van der Waals surface area contributed by atoms with E-state index < -0.39 is 12.0 Å². The summed E-state index contributed by atoms with van der Waals surface area (Å²) in [6.45, 7) is 6.72. The van der Waals surface area contributed by atoms with Crippen molar-refractivity contribution in [2.24, 2.45) is 5.92 Å². The minimum absolute atomic E-state index is 0.152. The van der Waals surface area contributed by atoms with Crippen LogP contribution in [-0.4, -0.2) is 23.7 Å². The van der Waals surface area contributed by atoms with Crippen LogP contribution in [-0.2, 0) is 4.79 Å². The monoisotopic (exact) mass is 173 g/mol. The molecule has 0 saturated heterocycles. The second-order valence-electron chi connectivity index (χ2n) is 3.37. The van der Waals surface area contributed by atoms with Crippen molar-refractivity contribution in [2.75, 3.05) is 6.54 Å². The first-order chi connectivity index (χ1) is 5.59. The van der Waals surface area contributed by atoms with Gasteiger partial charge in [0.25, 0.3) is 0 Å². The van der Waals surface area contributed by atoms with E-state index in [-0.39, 0.29) is 5.92 Å². The summed E-state index contributed by atoms with van der Waals surface area (Å²) < 4.78 is 0. The van der Waals surface area contributed by atoms with Crippen LogP contribution in [0.5, 0.6) is 0 Å². The molecule has 2 N–H and O–H groups in total. The van der Waals surface area contributed by atoms with E-state index >= 15 is 0 Å². The van der Waals surface area contributed by atoms with Crippen molar-refractivity contribution in [3.8, 4) is 0 Å². The van der Waals surface area contributed by atoms with Gasteiger partial charge in [-0.1, -0.05) is 27.2 Å². The number of aliphatic carboxylic acids is 1. The molecule has 0 rings (SSSR count). The highest BCUT2D eigenvalue weighted by Crippen LogP contribution is 2.01. The highest BCUT2D eigenvalue weighted by Gasteiger charge is 2.19. The van der Waals surface area contributed by atoms with Crippen LogP contribution in [0.15, 0.2) is 0 Å². The summed E-state index contributed by atoms with van der Waals surface area (Å²) in [4.78, 5) is 10.7. The average molecular weight is 173 g/mol. The van der Waals surface area contributed by atoms with E-state index in [2.05, 4.69) is 12.2 Å². The van der Waals surface area contributed by atoms with E-state index in [1.54, 1.807) is 0 Å². The first-order valence-corrected chi connectivity index (χ1v) is 4.55. The van der Waals surface area contributed by atoms with Crippen LogP contribution < -0.4 is 5.32 Å². The van der Waals surface area contributed by atoms with E-state index in [1.165, 1.54) is 0 Å². The van der Waals surface area contributed by atoms with Crippen molar-refractivity contribution in [3.05, 3.63) is 0 Å². The Hall–Kier alpha value is -0.570. The number of carbonyl (C=O) groups is 1. The Morgan fingerprint density at radius 1 is 1.50 bits per heavy atom. The molecule has 0 aliphatic rings. The molecule has 0 fully saturated rings. The third-order valence-corrected chi connectivity index (χ3v) is 1.83. The molecular formula is C9H19NO2. The fourth-order valence-electron chi connectivity index (χ4n) is 1.04. The standard InChI is InChI=1S/C9H19NO2/c1-4-5-6-10-8(7(2)3)9(11)12/h7-8,10H,4-6H2,1-3H3,(H,11,12)/t8-/m0/s1. The lowest BCUT2D eigenvalue weighted by atomic mass is 10.0. The Balaban J connectivity index is 3.72. The number of carboxylic acid groups (broad SMARTS) is 1. The minimum Gasteiger partial charge on any atom is -0.480 e. The van der Waals surface area contributed by atoms with Gasteiger partial charge in [-0.05, 0) is 18.9 Å². The van der Waals surface area contributed by atoms with Crippen molar-refractivity contribution in [1.82, 2.24) is 5.32 Å². The van der Waals surface area contributed by atoms with E-state index in [9.17, 15) is 4.79 Å². The highest BCUT2D eigenvalue weighted by molar-refractivity contribution is 5.73. The van der Waals surface area contributed by atoms with Gasteiger partial charge in [-0.3, -0.25) is 4.79 Å². The third kappa shape index (κ3) is 4.34. The first-order valence-electron chi connectivity index (χ1n) is 4.55. The quantitative estimate of drug-likeness (QED) is 0.598. The van der Waals surface area contributed by atoms with Gasteiger partial charge in [0.15, 0.2) is 0 Å². The van der Waals surface area contributed by atoms with Gasteiger partial charge in [-0.15, -0.1) is 0 Å². The summed E-state index contributed by atoms with van der Waals surface area (Å²) in [5, 5.41) is 11.8. The van der Waals surface area contributed by atoms with Crippen molar-refractivity contribution >= 4 is 5.97 Å². The highest BCUT2D eigenvalue weighted by atomic mass is 16.4. The maximum atomic E-state index is 10.7. The zero-order chi connectivity index (χ0) is 9.56. The average Bonchev–Trinajstić information content (AvgIpc) is 1.96. The lowest BCUT2D eigenvalue weighted by Gasteiger charge is -2.17. The zero-order valence-electron chi connectivity index (χ0n) is 8.13. The van der Waals surface area contributed by atoms with Gasteiger partial charge in [0.2, 0.25) is 0 Å². The summed E-state index contributed by atoms with van der Waals surface area (Å²) in [6, 6.07) is -0.392. The smallest absolute Gasteiger partial charge is 0.320 e. The topological polar surface area (TPSA) is 49.3 Å². The molecule has 0 aliphatic heterocycles. The van der Waals surface area contributed by atoms with Gasteiger partial charge in [0.1, 0.15) is 6.04 Å². The molecule has 3 nitrogen and oxygen atoms in total. The number of hydrogen-bond acceptors (Lipinski definition) is 2. The molecule has 0 unspecified atom stereocenters. The first kappa shape index (κ1) is 11.4. The summed E-state index contributed by atoms with van der Waals surface area (Å²) in [5.74, 6) is -0.597. The molecule has 0 aromatic carbocycles. The molecule has 0 spiro atoms. The maximum absolute atomic E-state index is 10.7. The van der Waals surface area contributed by atoms with Gasteiger partial charge in [-0.2, -0.15) is 0 Å². The molecule has 0 aromatic rings. The summed E-state index contributed by atoms with van der Waals surface area (Å²) >= 11 is 0. The molecule has 3 heteroatoms. The van der Waals surface area contributed by atoms with Crippen molar-refractivity contribution in [3.63, 3.8) is 0 Å². The van der Waals surface area contributed by atoms with Gasteiger partial charge >= 0.3 is 5.97 Å². The molecule has 0 aliphatic carbocycles. The van der Waals surface area contributed by atoms with Crippen molar-refractivity contribution < 1.29 is 9.90 Å². The van der Waals surface area contributed by atoms with Gasteiger partial charge < -0.3 is 10.4 Å². The summed E-state index contributed by atoms with van der Waals surface area (Å²) in [7, 11) is 0. The van der Waals surface area contributed by atoms with Crippen LogP contribution in [0.25, 0.3) is 0 Å². The second-order valence-corrected chi connectivity index (χ2v) is 3.37. The zero-order valence-corrected chi connectivity index (χ0v) is 8.13. The molecule has 0 amide bonds. The molecule has 72 valence electrons. The number of hydrogen-bond donors (Lipinski definition) is 2. The summed E-state index contributed by atoms with van der Waals surface area (Å²) in [6.07, 6.45) is 2.13. The molecule has 0 heterocycles. The maximum Gasteiger partial charge on any atom is 0.320 e. The van der Waals surface area contributed by atoms with Crippen LogP contribution in [0.3, 0.4) is 0 Å². The fourth-order valence-corrected chi connectivity index (χ4v) is 1.04. The van der Waals surface area contributed by atoms with Crippen LogP contribution in [0.4, 0.5) is 0 Å². The van der Waals surface area contributed by atoms with Gasteiger partial charge in [0, 0.05) is 0 Å². The predicted octanol–water partition coefficient (Wildman–Crippen LogP) is 1.49. The Morgan fingerprint density at radius 3 is 2.42 bits per heavy atom.